The number of anilines is 1. The first-order valence-electron chi connectivity index (χ1n) is 8.05. The molecule has 4 heteroatoms. The number of aryl methyl sites for hydroxylation is 1. The van der Waals surface area contributed by atoms with E-state index < -0.39 is 0 Å². The third kappa shape index (κ3) is 3.76. The van der Waals surface area contributed by atoms with Gasteiger partial charge in [-0.1, -0.05) is 20.3 Å². The quantitative estimate of drug-likeness (QED) is 0.732. The summed E-state index contributed by atoms with van der Waals surface area (Å²) in [4.78, 5) is 4.76. The number of rotatable bonds is 8. The van der Waals surface area contributed by atoms with E-state index in [1.165, 1.54) is 0 Å². The standard InChI is InChI=1S/C17H27N3O/c1-3-5-13(9-10-21)12-20-16-8-7-14(18)11-15(16)19-17(20)6-4-2/h7-8,11,13,21H,3-6,9-10,12,18H2,1-2H3. The van der Waals surface area contributed by atoms with Crippen LogP contribution in [-0.2, 0) is 13.0 Å². The zero-order chi connectivity index (χ0) is 15.2. The van der Waals surface area contributed by atoms with Crippen LogP contribution in [-0.4, -0.2) is 21.3 Å². The molecule has 2 aromatic rings. The van der Waals surface area contributed by atoms with E-state index in [0.717, 1.165) is 61.2 Å². The first-order valence-corrected chi connectivity index (χ1v) is 8.05. The SMILES string of the molecule is CCCc1nc2cc(N)ccc2n1CC(CCC)CCO. The lowest BCUT2D eigenvalue weighted by Crippen LogP contribution is -2.14. The van der Waals surface area contributed by atoms with Crippen molar-refractivity contribution >= 4 is 16.7 Å². The van der Waals surface area contributed by atoms with Crippen LogP contribution in [0.4, 0.5) is 5.69 Å². The van der Waals surface area contributed by atoms with Gasteiger partial charge in [-0.05, 0) is 43.4 Å². The number of hydrogen-bond donors (Lipinski definition) is 2. The van der Waals surface area contributed by atoms with Gasteiger partial charge in [0.1, 0.15) is 5.82 Å². The third-order valence-corrected chi connectivity index (χ3v) is 4.00. The van der Waals surface area contributed by atoms with Gasteiger partial charge in [-0.25, -0.2) is 4.98 Å². The van der Waals surface area contributed by atoms with E-state index in [1.54, 1.807) is 0 Å². The van der Waals surface area contributed by atoms with Gasteiger partial charge in [0, 0.05) is 25.3 Å². The van der Waals surface area contributed by atoms with E-state index in [0.29, 0.717) is 5.92 Å². The Morgan fingerprint density at radius 2 is 2.05 bits per heavy atom. The number of aromatic nitrogens is 2. The molecule has 0 spiro atoms. The van der Waals surface area contributed by atoms with Crippen molar-refractivity contribution in [2.75, 3.05) is 12.3 Å². The van der Waals surface area contributed by atoms with Gasteiger partial charge in [-0.15, -0.1) is 0 Å². The van der Waals surface area contributed by atoms with Gasteiger partial charge < -0.3 is 15.4 Å². The molecule has 21 heavy (non-hydrogen) atoms. The molecule has 0 aliphatic carbocycles. The number of nitrogens with zero attached hydrogens (tertiary/aromatic N) is 2. The van der Waals surface area contributed by atoms with Crippen molar-refractivity contribution in [1.29, 1.82) is 0 Å². The molecule has 4 nitrogen and oxygen atoms in total. The largest absolute Gasteiger partial charge is 0.399 e. The van der Waals surface area contributed by atoms with E-state index in [9.17, 15) is 5.11 Å². The molecule has 116 valence electrons. The number of nitrogen functional groups attached to an aromatic ring is 1. The van der Waals surface area contributed by atoms with Crippen LogP contribution in [0.15, 0.2) is 18.2 Å². The predicted octanol–water partition coefficient (Wildman–Crippen LogP) is 3.37. The van der Waals surface area contributed by atoms with E-state index in [-0.39, 0.29) is 6.61 Å². The fraction of sp³-hybridized carbons (Fsp3) is 0.588. The maximum absolute atomic E-state index is 9.27. The number of aliphatic hydroxyl groups excluding tert-OH is 1. The Bertz CT molecular complexity index is 571. The van der Waals surface area contributed by atoms with Crippen LogP contribution >= 0.6 is 0 Å². The maximum Gasteiger partial charge on any atom is 0.109 e. The summed E-state index contributed by atoms with van der Waals surface area (Å²) in [5.41, 5.74) is 8.77. The molecule has 3 N–H and O–H groups in total. The number of imidazole rings is 1. The Morgan fingerprint density at radius 3 is 2.71 bits per heavy atom. The highest BCUT2D eigenvalue weighted by Gasteiger charge is 2.15. The third-order valence-electron chi connectivity index (χ3n) is 4.00. The first kappa shape index (κ1) is 15.8. The number of nitrogens with two attached hydrogens (primary N) is 1. The minimum absolute atomic E-state index is 0.257. The minimum Gasteiger partial charge on any atom is -0.399 e. The highest BCUT2D eigenvalue weighted by molar-refractivity contribution is 5.79. The smallest absolute Gasteiger partial charge is 0.109 e. The first-order chi connectivity index (χ1) is 10.2. The lowest BCUT2D eigenvalue weighted by molar-refractivity contribution is 0.240. The second-order valence-electron chi connectivity index (χ2n) is 5.80. The van der Waals surface area contributed by atoms with Gasteiger partial charge in [0.2, 0.25) is 0 Å². The van der Waals surface area contributed by atoms with Crippen LogP contribution in [0.5, 0.6) is 0 Å². The van der Waals surface area contributed by atoms with Gasteiger partial charge in [0.25, 0.3) is 0 Å². The molecule has 1 aromatic heterocycles. The zero-order valence-electron chi connectivity index (χ0n) is 13.2. The molecule has 1 atom stereocenters. The Balaban J connectivity index is 2.36. The maximum atomic E-state index is 9.27. The van der Waals surface area contributed by atoms with E-state index in [2.05, 4.69) is 24.5 Å². The summed E-state index contributed by atoms with van der Waals surface area (Å²) in [6, 6.07) is 5.96. The Morgan fingerprint density at radius 1 is 1.24 bits per heavy atom. The summed E-state index contributed by atoms with van der Waals surface area (Å²) < 4.78 is 2.33. The molecule has 2 rings (SSSR count). The van der Waals surface area contributed by atoms with Gasteiger partial charge >= 0.3 is 0 Å². The topological polar surface area (TPSA) is 64.1 Å². The van der Waals surface area contributed by atoms with E-state index in [4.69, 9.17) is 10.7 Å². The number of benzene rings is 1. The van der Waals surface area contributed by atoms with Crippen LogP contribution in [0.25, 0.3) is 11.0 Å². The normalized spacial score (nSPS) is 12.9. The van der Waals surface area contributed by atoms with Gasteiger partial charge in [-0.3, -0.25) is 0 Å². The molecule has 1 heterocycles. The average molecular weight is 289 g/mol. The lowest BCUT2D eigenvalue weighted by atomic mass is 10.00. The second kappa shape index (κ2) is 7.46. The monoisotopic (exact) mass is 289 g/mol. The summed E-state index contributed by atoms with van der Waals surface area (Å²) in [5, 5.41) is 9.27. The molecule has 0 fully saturated rings. The van der Waals surface area contributed by atoms with Crippen LogP contribution in [0.1, 0.15) is 45.4 Å². The van der Waals surface area contributed by atoms with Gasteiger partial charge in [-0.2, -0.15) is 0 Å². The summed E-state index contributed by atoms with van der Waals surface area (Å²) >= 11 is 0. The van der Waals surface area contributed by atoms with Crippen molar-refractivity contribution in [2.24, 2.45) is 5.92 Å². The fourth-order valence-corrected chi connectivity index (χ4v) is 2.99. The van der Waals surface area contributed by atoms with Crippen molar-refractivity contribution in [3.8, 4) is 0 Å². The zero-order valence-corrected chi connectivity index (χ0v) is 13.2. The van der Waals surface area contributed by atoms with E-state index in [1.807, 2.05) is 12.1 Å². The van der Waals surface area contributed by atoms with Gasteiger partial charge in [0.05, 0.1) is 11.0 Å². The molecule has 1 aromatic carbocycles. The molecule has 0 amide bonds. The average Bonchev–Trinajstić information content (AvgIpc) is 2.77. The molecular formula is C17H27N3O. The molecule has 0 saturated carbocycles. The molecular weight excluding hydrogens is 262 g/mol. The molecule has 0 aliphatic heterocycles. The van der Waals surface area contributed by atoms with Crippen LogP contribution in [0, 0.1) is 5.92 Å². The Labute approximate surface area is 127 Å². The molecule has 0 saturated heterocycles. The summed E-state index contributed by atoms with van der Waals surface area (Å²) in [5.74, 6) is 1.64. The Kier molecular flexibility index (Phi) is 5.62. The second-order valence-corrected chi connectivity index (χ2v) is 5.80. The number of hydrogen-bond acceptors (Lipinski definition) is 3. The van der Waals surface area contributed by atoms with Crippen molar-refractivity contribution in [2.45, 2.75) is 52.5 Å². The van der Waals surface area contributed by atoms with E-state index >= 15 is 0 Å². The van der Waals surface area contributed by atoms with Crippen LogP contribution in [0.2, 0.25) is 0 Å². The predicted molar refractivity (Wildman–Crippen MR) is 88.2 cm³/mol. The van der Waals surface area contributed by atoms with Crippen molar-refractivity contribution < 1.29 is 5.11 Å². The summed E-state index contributed by atoms with van der Waals surface area (Å²) in [6.07, 6.45) is 5.20. The fourth-order valence-electron chi connectivity index (χ4n) is 2.99. The highest BCUT2D eigenvalue weighted by atomic mass is 16.3. The molecule has 0 bridgehead atoms. The number of aliphatic hydroxyl groups is 1. The van der Waals surface area contributed by atoms with Crippen molar-refractivity contribution in [3.63, 3.8) is 0 Å². The lowest BCUT2D eigenvalue weighted by Gasteiger charge is -2.18. The molecule has 0 radical (unpaired) electrons. The van der Waals surface area contributed by atoms with Crippen LogP contribution in [0.3, 0.4) is 0 Å². The molecule has 0 aliphatic rings. The van der Waals surface area contributed by atoms with Crippen molar-refractivity contribution in [3.05, 3.63) is 24.0 Å². The highest BCUT2D eigenvalue weighted by Crippen LogP contribution is 2.23. The van der Waals surface area contributed by atoms with Crippen molar-refractivity contribution in [1.82, 2.24) is 9.55 Å². The van der Waals surface area contributed by atoms with Crippen LogP contribution < -0.4 is 5.73 Å². The number of fused-ring (bicyclic) bond motifs is 1. The van der Waals surface area contributed by atoms with Gasteiger partial charge in [0.15, 0.2) is 0 Å². The summed E-state index contributed by atoms with van der Waals surface area (Å²) in [7, 11) is 0. The summed E-state index contributed by atoms with van der Waals surface area (Å²) in [6.45, 7) is 5.57. The minimum atomic E-state index is 0.257. The molecule has 1 unspecified atom stereocenters. The Hall–Kier alpha value is -1.55.